The second kappa shape index (κ2) is 2.76. The lowest BCUT2D eigenvalue weighted by Gasteiger charge is -1.98. The zero-order valence-electron chi connectivity index (χ0n) is 6.73. The third-order valence-electron chi connectivity index (χ3n) is 1.86. The lowest BCUT2D eigenvalue weighted by molar-refractivity contribution is 0.481. The summed E-state index contributed by atoms with van der Waals surface area (Å²) in [6.07, 6.45) is 1.50. The topological polar surface area (TPSA) is 56.9 Å². The van der Waals surface area contributed by atoms with Gasteiger partial charge >= 0.3 is 0 Å². The Hall–Kier alpha value is -2.08. The molecule has 1 heterocycles. The number of fused-ring (bicyclic) bond motifs is 1. The van der Waals surface area contributed by atoms with Crippen LogP contribution in [0.4, 0.5) is 0 Å². The Morgan fingerprint density at radius 1 is 1.38 bits per heavy atom. The molecule has 0 aliphatic rings. The molecule has 2 aromatic rings. The number of rotatable bonds is 0. The van der Waals surface area contributed by atoms with E-state index < -0.39 is 0 Å². The van der Waals surface area contributed by atoms with Crippen LogP contribution < -0.4 is 0 Å². The minimum Gasteiger partial charge on any atom is -0.507 e. The first kappa shape index (κ1) is 7.56. The van der Waals surface area contributed by atoms with Gasteiger partial charge in [0.2, 0.25) is 0 Å². The van der Waals surface area contributed by atoms with Crippen molar-refractivity contribution >= 4 is 10.8 Å². The number of benzene rings is 1. The Morgan fingerprint density at radius 2 is 2.23 bits per heavy atom. The highest BCUT2D eigenvalue weighted by molar-refractivity contribution is 5.87. The lowest BCUT2D eigenvalue weighted by Crippen LogP contribution is -1.82. The maximum Gasteiger partial charge on any atom is 0.141 e. The second-order valence-electron chi connectivity index (χ2n) is 2.68. The Morgan fingerprint density at radius 3 is 3.00 bits per heavy atom. The van der Waals surface area contributed by atoms with Gasteiger partial charge in [-0.25, -0.2) is 4.98 Å². The van der Waals surface area contributed by atoms with Gasteiger partial charge in [-0.1, -0.05) is 12.1 Å². The van der Waals surface area contributed by atoms with Crippen LogP contribution in [-0.2, 0) is 0 Å². The van der Waals surface area contributed by atoms with Gasteiger partial charge in [0.15, 0.2) is 0 Å². The molecular formula is C10H6N2O. The Balaban J connectivity index is 2.82. The quantitative estimate of drug-likeness (QED) is 0.656. The van der Waals surface area contributed by atoms with Crippen LogP contribution in [0.1, 0.15) is 5.69 Å². The van der Waals surface area contributed by atoms with Crippen LogP contribution in [0.2, 0.25) is 0 Å². The first-order chi connectivity index (χ1) is 6.31. The Labute approximate surface area is 74.9 Å². The molecular weight excluding hydrogens is 164 g/mol. The van der Waals surface area contributed by atoms with Crippen LogP contribution >= 0.6 is 0 Å². The largest absolute Gasteiger partial charge is 0.507 e. The van der Waals surface area contributed by atoms with E-state index in [4.69, 9.17) is 5.26 Å². The maximum absolute atomic E-state index is 9.41. The predicted octanol–water partition coefficient (Wildman–Crippen LogP) is 1.81. The van der Waals surface area contributed by atoms with E-state index in [-0.39, 0.29) is 5.75 Å². The zero-order chi connectivity index (χ0) is 9.26. The summed E-state index contributed by atoms with van der Waals surface area (Å²) in [5.41, 5.74) is 0.359. The van der Waals surface area contributed by atoms with Crippen molar-refractivity contribution in [2.45, 2.75) is 0 Å². The normalized spacial score (nSPS) is 9.77. The smallest absolute Gasteiger partial charge is 0.141 e. The van der Waals surface area contributed by atoms with Gasteiger partial charge in [-0.15, -0.1) is 0 Å². The molecule has 0 atom stereocenters. The fourth-order valence-corrected chi connectivity index (χ4v) is 1.22. The SMILES string of the molecule is N#Cc1cc2cccc(O)c2cn1. The van der Waals surface area contributed by atoms with Crippen LogP contribution in [0.15, 0.2) is 30.5 Å². The van der Waals surface area contributed by atoms with E-state index in [0.29, 0.717) is 11.1 Å². The fourth-order valence-electron chi connectivity index (χ4n) is 1.22. The summed E-state index contributed by atoms with van der Waals surface area (Å²) in [5, 5.41) is 19.5. The zero-order valence-corrected chi connectivity index (χ0v) is 6.73. The average molecular weight is 170 g/mol. The molecule has 0 saturated heterocycles. The minimum atomic E-state index is 0.189. The number of aromatic hydroxyl groups is 1. The number of hydrogen-bond donors (Lipinski definition) is 1. The van der Waals surface area contributed by atoms with Crippen molar-refractivity contribution in [1.82, 2.24) is 4.98 Å². The third-order valence-corrected chi connectivity index (χ3v) is 1.86. The van der Waals surface area contributed by atoms with E-state index in [1.165, 1.54) is 6.20 Å². The summed E-state index contributed by atoms with van der Waals surface area (Å²) in [5.74, 6) is 0.189. The summed E-state index contributed by atoms with van der Waals surface area (Å²) in [7, 11) is 0. The molecule has 0 radical (unpaired) electrons. The first-order valence-electron chi connectivity index (χ1n) is 3.79. The van der Waals surface area contributed by atoms with Gasteiger partial charge in [0.1, 0.15) is 17.5 Å². The molecule has 0 spiro atoms. The van der Waals surface area contributed by atoms with Crippen molar-refractivity contribution in [3.05, 3.63) is 36.2 Å². The number of nitriles is 1. The highest BCUT2D eigenvalue weighted by atomic mass is 16.3. The molecule has 0 saturated carbocycles. The molecule has 3 heteroatoms. The number of hydrogen-bond acceptors (Lipinski definition) is 3. The van der Waals surface area contributed by atoms with Crippen molar-refractivity contribution in [2.24, 2.45) is 0 Å². The molecule has 1 aromatic carbocycles. The molecule has 0 aliphatic heterocycles. The van der Waals surface area contributed by atoms with Crippen molar-refractivity contribution in [1.29, 1.82) is 5.26 Å². The van der Waals surface area contributed by atoms with E-state index in [1.54, 1.807) is 18.2 Å². The van der Waals surface area contributed by atoms with E-state index in [2.05, 4.69) is 4.98 Å². The molecule has 3 nitrogen and oxygen atoms in total. The molecule has 0 bridgehead atoms. The van der Waals surface area contributed by atoms with Crippen molar-refractivity contribution in [3.63, 3.8) is 0 Å². The molecule has 2 rings (SSSR count). The van der Waals surface area contributed by atoms with E-state index in [9.17, 15) is 5.11 Å². The molecule has 0 aliphatic carbocycles. The molecule has 0 unspecified atom stereocenters. The Kier molecular flexibility index (Phi) is 1.60. The summed E-state index contributed by atoms with van der Waals surface area (Å²) in [6.45, 7) is 0. The minimum absolute atomic E-state index is 0.189. The van der Waals surface area contributed by atoms with Gasteiger partial charge in [0.25, 0.3) is 0 Å². The lowest BCUT2D eigenvalue weighted by atomic mass is 10.1. The van der Waals surface area contributed by atoms with Crippen molar-refractivity contribution in [2.75, 3.05) is 0 Å². The number of phenolic OH excluding ortho intramolecular Hbond substituents is 1. The van der Waals surface area contributed by atoms with Crippen molar-refractivity contribution in [3.8, 4) is 11.8 Å². The van der Waals surface area contributed by atoms with Gasteiger partial charge in [0.05, 0.1) is 0 Å². The molecule has 1 N–H and O–H groups in total. The van der Waals surface area contributed by atoms with E-state index >= 15 is 0 Å². The van der Waals surface area contributed by atoms with Gasteiger partial charge in [0, 0.05) is 11.6 Å². The number of nitrogens with zero attached hydrogens (tertiary/aromatic N) is 2. The van der Waals surface area contributed by atoms with E-state index in [1.807, 2.05) is 12.1 Å². The summed E-state index contributed by atoms with van der Waals surface area (Å²) >= 11 is 0. The molecule has 0 amide bonds. The van der Waals surface area contributed by atoms with Crippen LogP contribution in [-0.4, -0.2) is 10.1 Å². The van der Waals surface area contributed by atoms with Gasteiger partial charge in [-0.2, -0.15) is 5.26 Å². The molecule has 62 valence electrons. The van der Waals surface area contributed by atoms with Gasteiger partial charge in [-0.3, -0.25) is 0 Å². The number of pyridine rings is 1. The molecule has 1 aromatic heterocycles. The second-order valence-corrected chi connectivity index (χ2v) is 2.68. The van der Waals surface area contributed by atoms with Crippen LogP contribution in [0.25, 0.3) is 10.8 Å². The van der Waals surface area contributed by atoms with Gasteiger partial charge in [-0.05, 0) is 17.5 Å². The van der Waals surface area contributed by atoms with Crippen LogP contribution in [0, 0.1) is 11.3 Å². The number of phenols is 1. The highest BCUT2D eigenvalue weighted by Crippen LogP contribution is 2.23. The fraction of sp³-hybridized carbons (Fsp3) is 0. The van der Waals surface area contributed by atoms with Gasteiger partial charge < -0.3 is 5.11 Å². The van der Waals surface area contributed by atoms with Crippen LogP contribution in [0.3, 0.4) is 0 Å². The maximum atomic E-state index is 9.41. The summed E-state index contributed by atoms with van der Waals surface area (Å²) < 4.78 is 0. The standard InChI is InChI=1S/C10H6N2O/c11-5-8-4-7-2-1-3-10(13)9(7)6-12-8/h1-4,6,13H. The first-order valence-corrected chi connectivity index (χ1v) is 3.79. The van der Waals surface area contributed by atoms with E-state index in [0.717, 1.165) is 5.39 Å². The molecule has 13 heavy (non-hydrogen) atoms. The predicted molar refractivity (Wildman–Crippen MR) is 48.1 cm³/mol. The average Bonchev–Trinajstić information content (AvgIpc) is 2.18. The molecule has 0 fully saturated rings. The van der Waals surface area contributed by atoms with Crippen molar-refractivity contribution < 1.29 is 5.11 Å². The summed E-state index contributed by atoms with van der Waals surface area (Å²) in [4.78, 5) is 3.87. The number of aromatic nitrogens is 1. The Bertz CT molecular complexity index is 500. The highest BCUT2D eigenvalue weighted by Gasteiger charge is 2.00. The summed E-state index contributed by atoms with van der Waals surface area (Å²) in [6, 6.07) is 8.75. The monoisotopic (exact) mass is 170 g/mol. The van der Waals surface area contributed by atoms with Crippen LogP contribution in [0.5, 0.6) is 5.75 Å². The third kappa shape index (κ3) is 1.18.